The molecular formula is C16H24FNO2. The molecule has 3 nitrogen and oxygen atoms in total. The Morgan fingerprint density at radius 1 is 1.50 bits per heavy atom. The molecule has 2 rings (SSSR count). The summed E-state index contributed by atoms with van der Waals surface area (Å²) in [7, 11) is 0. The van der Waals surface area contributed by atoms with Crippen molar-refractivity contribution in [2.45, 2.75) is 45.8 Å². The van der Waals surface area contributed by atoms with Crippen molar-refractivity contribution in [3.05, 3.63) is 29.1 Å². The average molecular weight is 281 g/mol. The lowest BCUT2D eigenvalue weighted by atomic mass is 10.0. The molecule has 0 aliphatic carbocycles. The summed E-state index contributed by atoms with van der Waals surface area (Å²) < 4.78 is 25.2. The molecule has 1 fully saturated rings. The standard InChI is InChI=1S/C16H24FNO2/c1-4-6-18-12(3)14-9-15(17)11(2)8-16(14)20-13-5-7-19-10-13/h8-9,12-13,18H,4-7,10H2,1-3H3. The van der Waals surface area contributed by atoms with Crippen molar-refractivity contribution in [2.75, 3.05) is 19.8 Å². The normalized spacial score (nSPS) is 20.1. The predicted octanol–water partition coefficient (Wildman–Crippen LogP) is 3.36. The maximum Gasteiger partial charge on any atom is 0.126 e. The van der Waals surface area contributed by atoms with Gasteiger partial charge in [-0.05, 0) is 44.5 Å². The first-order valence-electron chi connectivity index (χ1n) is 7.39. The van der Waals surface area contributed by atoms with E-state index < -0.39 is 0 Å². The third-order valence-corrected chi connectivity index (χ3v) is 3.64. The number of ether oxygens (including phenoxy) is 2. The summed E-state index contributed by atoms with van der Waals surface area (Å²) in [4.78, 5) is 0. The Labute approximate surface area is 120 Å². The van der Waals surface area contributed by atoms with Gasteiger partial charge < -0.3 is 14.8 Å². The molecule has 0 radical (unpaired) electrons. The minimum Gasteiger partial charge on any atom is -0.488 e. The summed E-state index contributed by atoms with van der Waals surface area (Å²) in [5.41, 5.74) is 1.50. The number of benzene rings is 1. The van der Waals surface area contributed by atoms with E-state index in [2.05, 4.69) is 12.2 Å². The summed E-state index contributed by atoms with van der Waals surface area (Å²) in [6.45, 7) is 8.18. The Bertz CT molecular complexity index is 444. The minimum absolute atomic E-state index is 0.0716. The number of hydrogen-bond acceptors (Lipinski definition) is 3. The lowest BCUT2D eigenvalue weighted by molar-refractivity contribution is 0.140. The number of nitrogens with one attached hydrogen (secondary N) is 1. The number of rotatable bonds is 6. The summed E-state index contributed by atoms with van der Waals surface area (Å²) in [5.74, 6) is 0.593. The molecule has 1 aromatic carbocycles. The second-order valence-electron chi connectivity index (χ2n) is 5.42. The molecule has 0 amide bonds. The topological polar surface area (TPSA) is 30.5 Å². The molecule has 2 atom stereocenters. The van der Waals surface area contributed by atoms with Crippen LogP contribution in [-0.2, 0) is 4.74 Å². The zero-order valence-corrected chi connectivity index (χ0v) is 12.5. The van der Waals surface area contributed by atoms with E-state index in [1.54, 1.807) is 19.1 Å². The summed E-state index contributed by atoms with van der Waals surface area (Å²) in [6, 6.07) is 3.46. The van der Waals surface area contributed by atoms with Crippen LogP contribution in [0.2, 0.25) is 0 Å². The van der Waals surface area contributed by atoms with Crippen LogP contribution in [0.25, 0.3) is 0 Å². The zero-order chi connectivity index (χ0) is 14.5. The van der Waals surface area contributed by atoms with Crippen LogP contribution in [0.1, 0.15) is 43.9 Å². The van der Waals surface area contributed by atoms with Crippen LogP contribution in [-0.4, -0.2) is 25.9 Å². The largest absolute Gasteiger partial charge is 0.488 e. The average Bonchev–Trinajstić information content (AvgIpc) is 2.92. The van der Waals surface area contributed by atoms with E-state index in [1.165, 1.54) is 0 Å². The van der Waals surface area contributed by atoms with Crippen molar-refractivity contribution in [2.24, 2.45) is 0 Å². The molecule has 1 heterocycles. The molecule has 1 aliphatic heterocycles. The molecule has 1 aliphatic rings. The van der Waals surface area contributed by atoms with Gasteiger partial charge in [-0.25, -0.2) is 4.39 Å². The Kier molecular flexibility index (Phi) is 5.38. The lowest BCUT2D eigenvalue weighted by Crippen LogP contribution is -2.22. The number of aryl methyl sites for hydroxylation is 1. The molecule has 0 aromatic heterocycles. The van der Waals surface area contributed by atoms with Crippen molar-refractivity contribution in [1.29, 1.82) is 0 Å². The first-order chi connectivity index (χ1) is 9.61. The first-order valence-corrected chi connectivity index (χ1v) is 7.39. The van der Waals surface area contributed by atoms with E-state index in [4.69, 9.17) is 9.47 Å². The van der Waals surface area contributed by atoms with Gasteiger partial charge in [0, 0.05) is 18.0 Å². The predicted molar refractivity (Wildman–Crippen MR) is 77.7 cm³/mol. The molecule has 0 spiro atoms. The van der Waals surface area contributed by atoms with Crippen molar-refractivity contribution in [3.63, 3.8) is 0 Å². The highest BCUT2D eigenvalue weighted by Gasteiger charge is 2.21. The van der Waals surface area contributed by atoms with E-state index in [1.807, 2.05) is 6.92 Å². The molecule has 2 unspecified atom stereocenters. The maximum atomic E-state index is 13.8. The fourth-order valence-corrected chi connectivity index (χ4v) is 2.37. The first kappa shape index (κ1) is 15.3. The van der Waals surface area contributed by atoms with Gasteiger partial charge in [0.15, 0.2) is 0 Å². The monoisotopic (exact) mass is 281 g/mol. The SMILES string of the molecule is CCCNC(C)c1cc(F)c(C)cc1OC1CCOC1. The highest BCUT2D eigenvalue weighted by atomic mass is 19.1. The van der Waals surface area contributed by atoms with Gasteiger partial charge in [0.2, 0.25) is 0 Å². The van der Waals surface area contributed by atoms with Crippen molar-refractivity contribution < 1.29 is 13.9 Å². The Hall–Kier alpha value is -1.13. The molecule has 4 heteroatoms. The highest BCUT2D eigenvalue weighted by Crippen LogP contribution is 2.30. The summed E-state index contributed by atoms with van der Waals surface area (Å²) in [6.07, 6.45) is 2.02. The molecular weight excluding hydrogens is 257 g/mol. The maximum absolute atomic E-state index is 13.8. The second-order valence-corrected chi connectivity index (χ2v) is 5.42. The van der Waals surface area contributed by atoms with Crippen LogP contribution in [0.5, 0.6) is 5.75 Å². The van der Waals surface area contributed by atoms with Gasteiger partial charge >= 0.3 is 0 Å². The van der Waals surface area contributed by atoms with Gasteiger partial charge in [0.05, 0.1) is 13.2 Å². The van der Waals surface area contributed by atoms with Crippen molar-refractivity contribution >= 4 is 0 Å². The van der Waals surface area contributed by atoms with Gasteiger partial charge in [-0.2, -0.15) is 0 Å². The summed E-state index contributed by atoms with van der Waals surface area (Å²) >= 11 is 0. The molecule has 112 valence electrons. The fraction of sp³-hybridized carbons (Fsp3) is 0.625. The van der Waals surface area contributed by atoms with E-state index in [0.29, 0.717) is 12.2 Å². The molecule has 1 aromatic rings. The zero-order valence-electron chi connectivity index (χ0n) is 12.5. The molecule has 0 saturated carbocycles. The van der Waals surface area contributed by atoms with Gasteiger partial charge in [-0.15, -0.1) is 0 Å². The van der Waals surface area contributed by atoms with E-state index >= 15 is 0 Å². The van der Waals surface area contributed by atoms with Crippen LogP contribution in [0, 0.1) is 12.7 Å². The van der Waals surface area contributed by atoms with Crippen molar-refractivity contribution in [1.82, 2.24) is 5.32 Å². The number of halogens is 1. The number of hydrogen-bond donors (Lipinski definition) is 1. The quantitative estimate of drug-likeness (QED) is 0.867. The Morgan fingerprint density at radius 2 is 2.30 bits per heavy atom. The molecule has 1 saturated heterocycles. The van der Waals surface area contributed by atoms with E-state index in [-0.39, 0.29) is 18.0 Å². The van der Waals surface area contributed by atoms with Gasteiger partial charge in [0.1, 0.15) is 17.7 Å². The Morgan fingerprint density at radius 3 is 2.95 bits per heavy atom. The second kappa shape index (κ2) is 7.04. The van der Waals surface area contributed by atoms with E-state index in [0.717, 1.165) is 37.3 Å². The molecule has 1 N–H and O–H groups in total. The fourth-order valence-electron chi connectivity index (χ4n) is 2.37. The van der Waals surface area contributed by atoms with Gasteiger partial charge in [-0.1, -0.05) is 6.92 Å². The molecule has 0 bridgehead atoms. The third-order valence-electron chi connectivity index (χ3n) is 3.64. The van der Waals surface area contributed by atoms with Crippen LogP contribution >= 0.6 is 0 Å². The van der Waals surface area contributed by atoms with Gasteiger partial charge in [0.25, 0.3) is 0 Å². The highest BCUT2D eigenvalue weighted by molar-refractivity contribution is 5.40. The van der Waals surface area contributed by atoms with Crippen LogP contribution < -0.4 is 10.1 Å². The third kappa shape index (κ3) is 3.70. The van der Waals surface area contributed by atoms with Crippen LogP contribution in [0.4, 0.5) is 4.39 Å². The van der Waals surface area contributed by atoms with Gasteiger partial charge in [-0.3, -0.25) is 0 Å². The smallest absolute Gasteiger partial charge is 0.126 e. The van der Waals surface area contributed by atoms with Crippen LogP contribution in [0.3, 0.4) is 0 Å². The molecule has 20 heavy (non-hydrogen) atoms. The van der Waals surface area contributed by atoms with Crippen LogP contribution in [0.15, 0.2) is 12.1 Å². The lowest BCUT2D eigenvalue weighted by Gasteiger charge is -2.21. The Balaban J connectivity index is 2.20. The van der Waals surface area contributed by atoms with E-state index in [9.17, 15) is 4.39 Å². The van der Waals surface area contributed by atoms with Crippen molar-refractivity contribution in [3.8, 4) is 5.75 Å². The summed E-state index contributed by atoms with van der Waals surface area (Å²) in [5, 5.41) is 3.38. The minimum atomic E-state index is -0.180.